The summed E-state index contributed by atoms with van der Waals surface area (Å²) in [5.74, 6) is -3.75. The van der Waals surface area contributed by atoms with Gasteiger partial charge in [-0.2, -0.15) is 0 Å². The second-order valence-electron chi connectivity index (χ2n) is 6.83. The summed E-state index contributed by atoms with van der Waals surface area (Å²) in [4.78, 5) is 46.2. The Bertz CT molecular complexity index is 801. The highest BCUT2D eigenvalue weighted by atomic mass is 32.2. The van der Waals surface area contributed by atoms with Gasteiger partial charge in [0.25, 0.3) is 0 Å². The fourth-order valence-electron chi connectivity index (χ4n) is 2.90. The topological polar surface area (TPSA) is 149 Å². The largest absolute Gasteiger partial charge is 0.463 e. The zero-order valence-electron chi connectivity index (χ0n) is 17.4. The van der Waals surface area contributed by atoms with E-state index in [9.17, 15) is 27.6 Å². The molecule has 5 atom stereocenters. The lowest BCUT2D eigenvalue weighted by Crippen LogP contribution is -2.64. The maximum atomic E-state index is 12.9. The van der Waals surface area contributed by atoms with Crippen molar-refractivity contribution in [3.63, 3.8) is 0 Å². The van der Waals surface area contributed by atoms with Gasteiger partial charge in [-0.25, -0.2) is 8.42 Å². The minimum absolute atomic E-state index is 0.280. The molecule has 11 nitrogen and oxygen atoms in total. The Hall–Kier alpha value is -2.47. The first kappa shape index (κ1) is 25.6. The second kappa shape index (κ2) is 10.5. The fraction of sp³-hybridized carbons (Fsp3) is 0.667. The summed E-state index contributed by atoms with van der Waals surface area (Å²) in [7, 11) is -4.14. The van der Waals surface area contributed by atoms with Crippen LogP contribution in [0.25, 0.3) is 0 Å². The molecule has 0 spiro atoms. The van der Waals surface area contributed by atoms with Gasteiger partial charge in [-0.15, -0.1) is 0 Å². The maximum Gasteiger partial charge on any atom is 0.303 e. The molecule has 0 radical (unpaired) electrons. The van der Waals surface area contributed by atoms with E-state index in [1.54, 1.807) is 0 Å². The molecule has 0 saturated carbocycles. The van der Waals surface area contributed by atoms with Crippen LogP contribution >= 0.6 is 0 Å². The molecular formula is C18H26O11S. The zero-order valence-corrected chi connectivity index (χ0v) is 18.2. The first-order chi connectivity index (χ1) is 13.7. The van der Waals surface area contributed by atoms with E-state index in [0.717, 1.165) is 27.7 Å². The van der Waals surface area contributed by atoms with Gasteiger partial charge in [0.1, 0.15) is 12.7 Å². The lowest BCUT2D eigenvalue weighted by Gasteiger charge is -2.44. The molecule has 0 aliphatic carbocycles. The van der Waals surface area contributed by atoms with Gasteiger partial charge in [-0.1, -0.05) is 12.2 Å². The highest BCUT2D eigenvalue weighted by Crippen LogP contribution is 2.32. The minimum atomic E-state index is -4.14. The van der Waals surface area contributed by atoms with Crippen LogP contribution in [-0.2, 0) is 52.7 Å². The predicted octanol–water partition coefficient (Wildman–Crippen LogP) is 0.0604. The summed E-state index contributed by atoms with van der Waals surface area (Å²) < 4.78 is 51.8. The molecule has 0 bridgehead atoms. The van der Waals surface area contributed by atoms with Crippen molar-refractivity contribution in [3.05, 3.63) is 12.2 Å². The monoisotopic (exact) mass is 450 g/mol. The molecule has 170 valence electrons. The van der Waals surface area contributed by atoms with Crippen LogP contribution in [0.5, 0.6) is 0 Å². The van der Waals surface area contributed by atoms with Gasteiger partial charge < -0.3 is 23.7 Å². The van der Waals surface area contributed by atoms with Crippen LogP contribution in [0.2, 0.25) is 0 Å². The first-order valence-electron chi connectivity index (χ1n) is 8.91. The molecule has 0 aromatic heterocycles. The summed E-state index contributed by atoms with van der Waals surface area (Å²) in [5, 5.41) is 0. The van der Waals surface area contributed by atoms with E-state index >= 15 is 0 Å². The molecule has 0 aromatic rings. The summed E-state index contributed by atoms with van der Waals surface area (Å²) in [6, 6.07) is 0. The smallest absolute Gasteiger partial charge is 0.303 e. The van der Waals surface area contributed by atoms with E-state index in [4.69, 9.17) is 23.7 Å². The molecule has 30 heavy (non-hydrogen) atoms. The third-order valence-corrected chi connectivity index (χ3v) is 5.73. The van der Waals surface area contributed by atoms with Gasteiger partial charge in [0, 0.05) is 27.7 Å². The molecule has 1 rings (SSSR count). The van der Waals surface area contributed by atoms with E-state index in [0.29, 0.717) is 0 Å². The van der Waals surface area contributed by atoms with Crippen molar-refractivity contribution in [2.24, 2.45) is 0 Å². The molecule has 1 saturated heterocycles. The Morgan fingerprint density at radius 1 is 0.800 bits per heavy atom. The molecule has 1 heterocycles. The number of ether oxygens (including phenoxy) is 5. The number of sulfone groups is 1. The molecule has 0 aromatic carbocycles. The second-order valence-corrected chi connectivity index (χ2v) is 8.91. The normalized spacial score (nSPS) is 26.2. The average molecular weight is 450 g/mol. The number of esters is 4. The van der Waals surface area contributed by atoms with Gasteiger partial charge in [0.05, 0.1) is 5.75 Å². The summed E-state index contributed by atoms with van der Waals surface area (Å²) in [5.41, 5.74) is -1.52. The zero-order chi connectivity index (χ0) is 23.2. The third-order valence-electron chi connectivity index (χ3n) is 3.75. The molecule has 1 unspecified atom stereocenters. The maximum absolute atomic E-state index is 12.9. The van der Waals surface area contributed by atoms with Gasteiger partial charge in [-0.05, 0) is 6.92 Å². The molecule has 1 aliphatic heterocycles. The van der Waals surface area contributed by atoms with Crippen LogP contribution in [0.15, 0.2) is 12.2 Å². The molecule has 12 heteroatoms. The highest BCUT2D eigenvalue weighted by Gasteiger charge is 2.56. The highest BCUT2D eigenvalue weighted by molar-refractivity contribution is 7.92. The predicted molar refractivity (Wildman–Crippen MR) is 101 cm³/mol. The number of rotatable bonds is 8. The Balaban J connectivity index is 3.52. The summed E-state index contributed by atoms with van der Waals surface area (Å²) in [6.45, 7) is 8.78. The van der Waals surface area contributed by atoms with Crippen LogP contribution in [0, 0.1) is 0 Å². The summed E-state index contributed by atoms with van der Waals surface area (Å²) in [6.07, 6.45) is -5.91. The van der Waals surface area contributed by atoms with Gasteiger partial charge in [0.15, 0.2) is 33.6 Å². The minimum Gasteiger partial charge on any atom is -0.463 e. The molecule has 0 amide bonds. The van der Waals surface area contributed by atoms with E-state index in [1.807, 2.05) is 0 Å². The van der Waals surface area contributed by atoms with Crippen LogP contribution < -0.4 is 0 Å². The van der Waals surface area contributed by atoms with Crippen LogP contribution in [0.1, 0.15) is 34.6 Å². The first-order valence-corrected chi connectivity index (χ1v) is 10.6. The van der Waals surface area contributed by atoms with E-state index in [1.165, 1.54) is 6.92 Å². The Morgan fingerprint density at radius 2 is 1.27 bits per heavy atom. The molecule has 1 aliphatic rings. The van der Waals surface area contributed by atoms with Crippen molar-refractivity contribution in [2.75, 3.05) is 12.4 Å². The van der Waals surface area contributed by atoms with Crippen molar-refractivity contribution >= 4 is 33.7 Å². The van der Waals surface area contributed by atoms with Crippen molar-refractivity contribution in [2.45, 2.75) is 64.5 Å². The van der Waals surface area contributed by atoms with Crippen LogP contribution in [0.4, 0.5) is 0 Å². The number of carbonyl (C=O) groups excluding carboxylic acids is 4. The average Bonchev–Trinajstić information content (AvgIpc) is 2.54. The SMILES string of the molecule is C=C(C)CS(=O)(=O)C1O[C@H](COC(C)=O)[C@H](OC(C)=O)[C@H](OC(C)=O)[C@H]1OC(C)=O. The van der Waals surface area contributed by atoms with Gasteiger partial charge in [-0.3, -0.25) is 19.2 Å². The molecule has 1 fully saturated rings. The fourth-order valence-corrected chi connectivity index (χ4v) is 4.69. The molecule has 0 N–H and O–H groups in total. The molecular weight excluding hydrogens is 424 g/mol. The van der Waals surface area contributed by atoms with Crippen LogP contribution in [0.3, 0.4) is 0 Å². The van der Waals surface area contributed by atoms with Crippen molar-refractivity contribution in [1.29, 1.82) is 0 Å². The van der Waals surface area contributed by atoms with E-state index in [2.05, 4.69) is 6.58 Å². The van der Waals surface area contributed by atoms with Gasteiger partial charge in [0.2, 0.25) is 0 Å². The van der Waals surface area contributed by atoms with E-state index in [-0.39, 0.29) is 5.57 Å². The van der Waals surface area contributed by atoms with Crippen molar-refractivity contribution in [1.82, 2.24) is 0 Å². The van der Waals surface area contributed by atoms with Crippen molar-refractivity contribution in [3.8, 4) is 0 Å². The quantitative estimate of drug-likeness (QED) is 0.281. The Labute approximate surface area is 174 Å². The van der Waals surface area contributed by atoms with Crippen molar-refractivity contribution < 1.29 is 51.3 Å². The third kappa shape index (κ3) is 7.41. The Morgan fingerprint density at radius 3 is 1.70 bits per heavy atom. The number of hydrogen-bond donors (Lipinski definition) is 0. The van der Waals surface area contributed by atoms with Crippen LogP contribution in [-0.4, -0.2) is 74.5 Å². The standard InChI is InChI=1S/C18H26O11S/c1-9(2)8-30(23,24)18-17(28-13(6)22)16(27-12(5)21)15(26-11(4)20)14(29-18)7-25-10(3)19/h14-18H,1,7-8H2,2-6H3/t14-,15+,16+,17-,18?/m1/s1. The number of carbonyl (C=O) groups is 4. The Kier molecular flexibility index (Phi) is 8.97. The van der Waals surface area contributed by atoms with Gasteiger partial charge >= 0.3 is 23.9 Å². The lowest BCUT2D eigenvalue weighted by molar-refractivity contribution is -0.238. The van der Waals surface area contributed by atoms with E-state index < -0.39 is 75.9 Å². The number of hydrogen-bond acceptors (Lipinski definition) is 11. The lowest BCUT2D eigenvalue weighted by atomic mass is 9.99. The summed E-state index contributed by atoms with van der Waals surface area (Å²) >= 11 is 0.